The number of fused-ring (bicyclic) bond motifs is 1. The first-order valence-corrected chi connectivity index (χ1v) is 7.88. The fraction of sp³-hybridized carbons (Fsp3) is 0.222. The normalized spacial score (nSPS) is 12.5. The molecule has 138 valence electrons. The average molecular weight is 374 g/mol. The largest absolute Gasteiger partial charge is 0.464 e. The van der Waals surface area contributed by atoms with Crippen LogP contribution in [0.25, 0.3) is 10.9 Å². The predicted molar refractivity (Wildman–Crippen MR) is 88.4 cm³/mol. The van der Waals surface area contributed by atoms with Crippen LogP contribution in [0.4, 0.5) is 13.2 Å². The molecule has 1 unspecified atom stereocenters. The summed E-state index contributed by atoms with van der Waals surface area (Å²) in [6, 6.07) is 7.90. The van der Waals surface area contributed by atoms with Gasteiger partial charge in [-0.15, -0.1) is 0 Å². The van der Waals surface area contributed by atoms with Crippen LogP contribution < -0.4 is 0 Å². The molecule has 0 aliphatic carbocycles. The number of hydrogen-bond acceptors (Lipinski definition) is 5. The van der Waals surface area contributed by atoms with Gasteiger partial charge in [-0.25, -0.2) is 0 Å². The zero-order valence-corrected chi connectivity index (χ0v) is 13.8. The van der Waals surface area contributed by atoms with Crippen molar-refractivity contribution in [2.75, 3.05) is 0 Å². The van der Waals surface area contributed by atoms with E-state index in [9.17, 15) is 18.0 Å². The summed E-state index contributed by atoms with van der Waals surface area (Å²) in [5.41, 5.74) is 1.14. The van der Waals surface area contributed by atoms with E-state index in [0.717, 1.165) is 12.3 Å². The minimum Gasteiger partial charge on any atom is -0.464 e. The maximum atomic E-state index is 12.9. The van der Waals surface area contributed by atoms with E-state index in [0.29, 0.717) is 28.5 Å². The molecule has 0 amide bonds. The second-order valence-electron chi connectivity index (χ2n) is 5.89. The molecule has 0 saturated carbocycles. The van der Waals surface area contributed by atoms with Crippen LogP contribution in [0.1, 0.15) is 22.4 Å². The number of carbonyl (C=O) groups excluding carboxylic acids is 1. The molecule has 9 heteroatoms. The quantitative estimate of drug-likeness (QED) is 0.669. The number of nitrogens with zero attached hydrogens (tertiary/aromatic N) is 3. The van der Waals surface area contributed by atoms with Crippen LogP contribution in [0.3, 0.4) is 0 Å². The highest BCUT2D eigenvalue weighted by atomic mass is 19.4. The summed E-state index contributed by atoms with van der Waals surface area (Å²) < 4.78 is 43.7. The zero-order valence-electron chi connectivity index (χ0n) is 13.8. The number of nitriles is 1. The summed E-state index contributed by atoms with van der Waals surface area (Å²) in [4.78, 5) is 14.6. The van der Waals surface area contributed by atoms with Crippen molar-refractivity contribution in [1.82, 2.24) is 15.2 Å². The Labute approximate surface area is 151 Å². The highest BCUT2D eigenvalue weighted by Crippen LogP contribution is 2.30. The molecular weight excluding hydrogens is 361 g/mol. The van der Waals surface area contributed by atoms with Crippen LogP contribution in [-0.4, -0.2) is 27.8 Å². The lowest BCUT2D eigenvalue weighted by atomic mass is 10.00. The van der Waals surface area contributed by atoms with Gasteiger partial charge in [-0.3, -0.25) is 14.9 Å². The molecule has 0 radical (unpaired) electrons. The highest BCUT2D eigenvalue weighted by molar-refractivity contribution is 5.79. The second kappa shape index (κ2) is 7.45. The van der Waals surface area contributed by atoms with Gasteiger partial charge in [-0.1, -0.05) is 6.07 Å². The van der Waals surface area contributed by atoms with E-state index in [1.165, 1.54) is 6.20 Å². The second-order valence-corrected chi connectivity index (χ2v) is 5.89. The number of ether oxygens (including phenoxy) is 1. The number of halogens is 3. The molecule has 0 bridgehead atoms. The minimum absolute atomic E-state index is 0.247. The van der Waals surface area contributed by atoms with Crippen molar-refractivity contribution < 1.29 is 22.7 Å². The third-order valence-corrected chi connectivity index (χ3v) is 4.06. The number of aromatic amines is 1. The van der Waals surface area contributed by atoms with Gasteiger partial charge >= 0.3 is 6.18 Å². The average Bonchev–Trinajstić information content (AvgIpc) is 3.07. The van der Waals surface area contributed by atoms with E-state index in [1.54, 1.807) is 18.2 Å². The number of alkyl halides is 3. The smallest absolute Gasteiger partial charge is 0.417 e. The van der Waals surface area contributed by atoms with Gasteiger partial charge in [0.05, 0.1) is 17.3 Å². The molecule has 27 heavy (non-hydrogen) atoms. The fourth-order valence-electron chi connectivity index (χ4n) is 2.78. The highest BCUT2D eigenvalue weighted by Gasteiger charge is 2.31. The fourth-order valence-corrected chi connectivity index (χ4v) is 2.78. The molecular formula is C18H13F3N4O2. The Hall–Kier alpha value is -3.41. The molecule has 0 aliphatic rings. The molecule has 2 aromatic heterocycles. The summed E-state index contributed by atoms with van der Waals surface area (Å²) >= 11 is 0. The Kier molecular flexibility index (Phi) is 5.07. The third-order valence-electron chi connectivity index (χ3n) is 4.06. The Morgan fingerprint density at radius 3 is 2.78 bits per heavy atom. The number of nitrogens with one attached hydrogen (secondary N) is 1. The van der Waals surface area contributed by atoms with E-state index >= 15 is 0 Å². The number of carbonyl (C=O) groups is 1. The standard InChI is InChI=1S/C18H13F3N4O2/c19-18(20,21)14-5-12-3-11(1-2-16(12)23-9-14)4-15(27-10-26)6-13-8-24-25-17(13)7-22/h1-3,5,8-10,15H,4,6H2,(H,24,25). The zero-order chi connectivity index (χ0) is 19.4. The van der Waals surface area contributed by atoms with E-state index in [4.69, 9.17) is 10.00 Å². The Balaban J connectivity index is 1.86. The van der Waals surface area contributed by atoms with Gasteiger partial charge in [-0.2, -0.15) is 23.5 Å². The SMILES string of the molecule is N#Cc1[nH]ncc1CC(Cc1ccc2ncc(C(F)(F)F)cc2c1)OC=O. The summed E-state index contributed by atoms with van der Waals surface area (Å²) in [5.74, 6) is 0. The summed E-state index contributed by atoms with van der Waals surface area (Å²) in [5, 5.41) is 15.7. The lowest BCUT2D eigenvalue weighted by molar-refractivity contribution is -0.137. The molecule has 1 aromatic carbocycles. The number of H-pyrrole nitrogens is 1. The van der Waals surface area contributed by atoms with Gasteiger partial charge in [0.1, 0.15) is 17.9 Å². The van der Waals surface area contributed by atoms with E-state index < -0.39 is 17.8 Å². The molecule has 6 nitrogen and oxygen atoms in total. The van der Waals surface area contributed by atoms with Crippen LogP contribution in [0.5, 0.6) is 0 Å². The molecule has 1 N–H and O–H groups in total. The van der Waals surface area contributed by atoms with E-state index in [1.807, 2.05) is 6.07 Å². The van der Waals surface area contributed by atoms with Crippen molar-refractivity contribution in [2.24, 2.45) is 0 Å². The van der Waals surface area contributed by atoms with Crippen molar-refractivity contribution >= 4 is 17.4 Å². The van der Waals surface area contributed by atoms with Gasteiger partial charge < -0.3 is 4.74 Å². The van der Waals surface area contributed by atoms with Crippen molar-refractivity contribution in [3.8, 4) is 6.07 Å². The van der Waals surface area contributed by atoms with Crippen LogP contribution in [0.15, 0.2) is 36.7 Å². The van der Waals surface area contributed by atoms with Crippen molar-refractivity contribution in [2.45, 2.75) is 25.1 Å². The third kappa shape index (κ3) is 4.23. The van der Waals surface area contributed by atoms with Crippen molar-refractivity contribution in [3.05, 3.63) is 59.0 Å². The summed E-state index contributed by atoms with van der Waals surface area (Å²) in [7, 11) is 0. The first-order chi connectivity index (χ1) is 12.9. The van der Waals surface area contributed by atoms with Crippen LogP contribution in [-0.2, 0) is 28.5 Å². The first kappa shape index (κ1) is 18.4. The Morgan fingerprint density at radius 2 is 2.07 bits per heavy atom. The van der Waals surface area contributed by atoms with E-state index in [2.05, 4.69) is 15.2 Å². The van der Waals surface area contributed by atoms with Crippen LogP contribution >= 0.6 is 0 Å². The van der Waals surface area contributed by atoms with Crippen molar-refractivity contribution in [1.29, 1.82) is 5.26 Å². The molecule has 0 saturated heterocycles. The van der Waals surface area contributed by atoms with Gasteiger partial charge in [0.2, 0.25) is 0 Å². The Bertz CT molecular complexity index is 1010. The van der Waals surface area contributed by atoms with Crippen LogP contribution in [0, 0.1) is 11.3 Å². The van der Waals surface area contributed by atoms with E-state index in [-0.39, 0.29) is 18.5 Å². The van der Waals surface area contributed by atoms with Gasteiger partial charge in [0.25, 0.3) is 6.47 Å². The number of aromatic nitrogens is 3. The maximum absolute atomic E-state index is 12.9. The topological polar surface area (TPSA) is 91.7 Å². The molecule has 3 aromatic rings. The van der Waals surface area contributed by atoms with Gasteiger partial charge in [0, 0.05) is 30.0 Å². The maximum Gasteiger partial charge on any atom is 0.417 e. The lowest BCUT2D eigenvalue weighted by Crippen LogP contribution is -2.19. The number of benzene rings is 1. The van der Waals surface area contributed by atoms with Crippen molar-refractivity contribution in [3.63, 3.8) is 0 Å². The summed E-state index contributed by atoms with van der Waals surface area (Å²) in [6.45, 7) is 0.307. The first-order valence-electron chi connectivity index (χ1n) is 7.88. The molecule has 2 heterocycles. The summed E-state index contributed by atoms with van der Waals surface area (Å²) in [6.07, 6.45) is -2.29. The molecule has 0 aliphatic heterocycles. The number of hydrogen-bond donors (Lipinski definition) is 1. The predicted octanol–water partition coefficient (Wildman–Crippen LogP) is 3.18. The van der Waals surface area contributed by atoms with Crippen LogP contribution in [0.2, 0.25) is 0 Å². The molecule has 1 atom stereocenters. The molecule has 0 spiro atoms. The molecule has 3 rings (SSSR count). The Morgan fingerprint density at radius 1 is 1.26 bits per heavy atom. The van der Waals surface area contributed by atoms with Gasteiger partial charge in [0.15, 0.2) is 0 Å². The minimum atomic E-state index is -4.48. The molecule has 0 fully saturated rings. The number of rotatable bonds is 6. The van der Waals surface area contributed by atoms with Gasteiger partial charge in [-0.05, 0) is 23.8 Å². The lowest BCUT2D eigenvalue weighted by Gasteiger charge is -2.15. The monoisotopic (exact) mass is 374 g/mol. The number of pyridine rings is 1.